The molecule has 1 aromatic carbocycles. The highest BCUT2D eigenvalue weighted by Gasteiger charge is 1.97. The fraction of sp³-hybridized carbons (Fsp3) is 0.111. The number of amides is 2. The van der Waals surface area contributed by atoms with Gasteiger partial charge in [0.1, 0.15) is 0 Å². The van der Waals surface area contributed by atoms with Crippen molar-refractivity contribution in [1.82, 2.24) is 5.43 Å². The molecule has 0 bridgehead atoms. The third kappa shape index (κ3) is 3.33. The van der Waals surface area contributed by atoms with E-state index in [-0.39, 0.29) is 0 Å². The van der Waals surface area contributed by atoms with Gasteiger partial charge in [0.25, 0.3) is 0 Å². The topological polar surface area (TPSA) is 67.5 Å². The van der Waals surface area contributed by atoms with Crippen LogP contribution in [0.4, 0.5) is 4.79 Å². The lowest BCUT2D eigenvalue weighted by molar-refractivity contribution is 0.249. The number of rotatable bonds is 2. The van der Waals surface area contributed by atoms with Crippen LogP contribution in [0.15, 0.2) is 29.4 Å². The van der Waals surface area contributed by atoms with Crippen LogP contribution in [0.1, 0.15) is 12.5 Å². The van der Waals surface area contributed by atoms with E-state index in [1.54, 1.807) is 6.92 Å². The highest BCUT2D eigenvalue weighted by atomic mass is 127. The third-order valence-corrected chi connectivity index (χ3v) is 2.31. The van der Waals surface area contributed by atoms with E-state index < -0.39 is 6.03 Å². The molecule has 0 aromatic heterocycles. The first-order chi connectivity index (χ1) is 6.59. The Labute approximate surface area is 95.7 Å². The lowest BCUT2D eigenvalue weighted by Crippen LogP contribution is -2.25. The molecule has 5 heteroatoms. The average Bonchev–Trinajstić information content (AvgIpc) is 2.15. The average molecular weight is 303 g/mol. The fourth-order valence-electron chi connectivity index (χ4n) is 0.895. The second-order valence-corrected chi connectivity index (χ2v) is 3.93. The molecule has 0 spiro atoms. The van der Waals surface area contributed by atoms with Crippen molar-refractivity contribution in [3.63, 3.8) is 0 Å². The quantitative estimate of drug-likeness (QED) is 0.487. The molecule has 0 saturated carbocycles. The van der Waals surface area contributed by atoms with Crippen molar-refractivity contribution in [3.05, 3.63) is 33.4 Å². The number of urea groups is 1. The first kappa shape index (κ1) is 11.0. The van der Waals surface area contributed by atoms with Crippen LogP contribution in [0.25, 0.3) is 0 Å². The van der Waals surface area contributed by atoms with Crippen molar-refractivity contribution in [2.75, 3.05) is 0 Å². The number of carbonyl (C=O) groups excluding carboxylic acids is 1. The summed E-state index contributed by atoms with van der Waals surface area (Å²) in [6.07, 6.45) is 0. The van der Waals surface area contributed by atoms with E-state index in [0.29, 0.717) is 0 Å². The molecule has 0 atom stereocenters. The molecule has 0 unspecified atom stereocenters. The van der Waals surface area contributed by atoms with E-state index in [0.717, 1.165) is 14.8 Å². The molecule has 3 N–H and O–H groups in total. The van der Waals surface area contributed by atoms with Crippen LogP contribution >= 0.6 is 22.6 Å². The normalized spacial score (nSPS) is 11.1. The number of nitrogens with two attached hydrogens (primary N) is 1. The molecule has 0 heterocycles. The Hall–Kier alpha value is -1.11. The largest absolute Gasteiger partial charge is 0.350 e. The summed E-state index contributed by atoms with van der Waals surface area (Å²) in [7, 11) is 0. The highest BCUT2D eigenvalue weighted by Crippen LogP contribution is 2.07. The Morgan fingerprint density at radius 3 is 2.50 bits per heavy atom. The second-order valence-electron chi connectivity index (χ2n) is 2.68. The maximum absolute atomic E-state index is 10.4. The van der Waals surface area contributed by atoms with Crippen molar-refractivity contribution in [1.29, 1.82) is 0 Å². The van der Waals surface area contributed by atoms with Crippen LogP contribution in [0.3, 0.4) is 0 Å². The smallest absolute Gasteiger partial charge is 0.332 e. The van der Waals surface area contributed by atoms with Gasteiger partial charge in [-0.2, -0.15) is 5.10 Å². The van der Waals surface area contributed by atoms with E-state index in [9.17, 15) is 4.79 Å². The van der Waals surface area contributed by atoms with Gasteiger partial charge in [0, 0.05) is 3.57 Å². The number of hydrazone groups is 1. The molecular formula is C9H10IN3O. The predicted octanol–water partition coefficient (Wildman–Crippen LogP) is 1.68. The molecule has 0 fully saturated rings. The summed E-state index contributed by atoms with van der Waals surface area (Å²) in [6.45, 7) is 1.80. The Kier molecular flexibility index (Phi) is 3.87. The first-order valence-electron chi connectivity index (χ1n) is 3.95. The van der Waals surface area contributed by atoms with Gasteiger partial charge in [-0.15, -0.1) is 0 Å². The van der Waals surface area contributed by atoms with Gasteiger partial charge in [-0.25, -0.2) is 10.2 Å². The van der Waals surface area contributed by atoms with E-state index in [1.165, 1.54) is 0 Å². The minimum Gasteiger partial charge on any atom is -0.350 e. The van der Waals surface area contributed by atoms with Gasteiger partial charge in [-0.1, -0.05) is 12.1 Å². The van der Waals surface area contributed by atoms with E-state index in [1.807, 2.05) is 24.3 Å². The van der Waals surface area contributed by atoms with Crippen molar-refractivity contribution in [2.45, 2.75) is 6.92 Å². The Morgan fingerprint density at radius 1 is 1.43 bits per heavy atom. The maximum atomic E-state index is 10.4. The number of primary amides is 1. The number of hydrogen-bond donors (Lipinski definition) is 2. The van der Waals surface area contributed by atoms with Crippen molar-refractivity contribution in [3.8, 4) is 0 Å². The third-order valence-electron chi connectivity index (χ3n) is 1.60. The standard InChI is InChI=1S/C9H10IN3O/c1-6(12-13-9(11)14)7-2-4-8(10)5-3-7/h2-5H,1H3,(H3,11,13,14)/b12-6-. The summed E-state index contributed by atoms with van der Waals surface area (Å²) < 4.78 is 1.15. The zero-order valence-corrected chi connectivity index (χ0v) is 9.78. The first-order valence-corrected chi connectivity index (χ1v) is 5.03. The van der Waals surface area contributed by atoms with Crippen molar-refractivity contribution >= 4 is 34.3 Å². The van der Waals surface area contributed by atoms with Crippen molar-refractivity contribution < 1.29 is 4.79 Å². The lowest BCUT2D eigenvalue weighted by Gasteiger charge is -2.00. The minimum absolute atomic E-state index is 0.658. The lowest BCUT2D eigenvalue weighted by atomic mass is 10.1. The van der Waals surface area contributed by atoms with E-state index >= 15 is 0 Å². The predicted molar refractivity (Wildman–Crippen MR) is 64.1 cm³/mol. The maximum Gasteiger partial charge on any atom is 0.332 e. The number of nitrogens with one attached hydrogen (secondary N) is 1. The molecule has 0 aliphatic carbocycles. The number of nitrogens with zero attached hydrogens (tertiary/aromatic N) is 1. The molecule has 0 saturated heterocycles. The molecule has 4 nitrogen and oxygen atoms in total. The SMILES string of the molecule is C/C(=N/NC(N)=O)c1ccc(I)cc1. The van der Waals surface area contributed by atoms with Crippen molar-refractivity contribution in [2.24, 2.45) is 10.8 Å². The monoisotopic (exact) mass is 303 g/mol. The molecule has 1 rings (SSSR count). The van der Waals surface area contributed by atoms with Gasteiger partial charge in [-0.3, -0.25) is 0 Å². The fourth-order valence-corrected chi connectivity index (χ4v) is 1.25. The van der Waals surface area contributed by atoms with Crippen LogP contribution < -0.4 is 11.2 Å². The number of hydrogen-bond acceptors (Lipinski definition) is 2. The number of carbonyl (C=O) groups is 1. The summed E-state index contributed by atoms with van der Waals surface area (Å²) in [5.74, 6) is 0. The summed E-state index contributed by atoms with van der Waals surface area (Å²) in [4.78, 5) is 10.4. The summed E-state index contributed by atoms with van der Waals surface area (Å²) in [5, 5.41) is 3.81. The van der Waals surface area contributed by atoms with Gasteiger partial charge in [0.15, 0.2) is 0 Å². The van der Waals surface area contributed by atoms with E-state index in [2.05, 4.69) is 33.1 Å². The Morgan fingerprint density at radius 2 is 2.00 bits per heavy atom. The van der Waals surface area contributed by atoms with Crippen LogP contribution in [0, 0.1) is 3.57 Å². The zero-order chi connectivity index (χ0) is 10.6. The van der Waals surface area contributed by atoms with Gasteiger partial charge >= 0.3 is 6.03 Å². The number of benzene rings is 1. The highest BCUT2D eigenvalue weighted by molar-refractivity contribution is 14.1. The Balaban J connectivity index is 2.78. The van der Waals surface area contributed by atoms with Crippen LogP contribution in [0.2, 0.25) is 0 Å². The molecule has 0 aliphatic heterocycles. The van der Waals surface area contributed by atoms with Crippen LogP contribution in [-0.2, 0) is 0 Å². The van der Waals surface area contributed by atoms with E-state index in [4.69, 9.17) is 5.73 Å². The second kappa shape index (κ2) is 4.94. The molecule has 0 radical (unpaired) electrons. The molecule has 0 aliphatic rings. The van der Waals surface area contributed by atoms with Crippen LogP contribution in [-0.4, -0.2) is 11.7 Å². The van der Waals surface area contributed by atoms with Gasteiger partial charge in [0.05, 0.1) is 5.71 Å². The summed E-state index contributed by atoms with van der Waals surface area (Å²) in [5.41, 5.74) is 8.75. The van der Waals surface area contributed by atoms with Gasteiger partial charge in [-0.05, 0) is 47.2 Å². The van der Waals surface area contributed by atoms with Gasteiger partial charge < -0.3 is 5.73 Å². The molecule has 2 amide bonds. The zero-order valence-electron chi connectivity index (χ0n) is 7.62. The van der Waals surface area contributed by atoms with Gasteiger partial charge in [0.2, 0.25) is 0 Å². The number of halogens is 1. The molecule has 14 heavy (non-hydrogen) atoms. The minimum atomic E-state index is -0.658. The molecule has 1 aromatic rings. The Bertz CT molecular complexity index is 359. The molecular weight excluding hydrogens is 293 g/mol. The van der Waals surface area contributed by atoms with Crippen LogP contribution in [0.5, 0.6) is 0 Å². The summed E-state index contributed by atoms with van der Waals surface area (Å²) >= 11 is 2.22. The summed E-state index contributed by atoms with van der Waals surface area (Å²) in [6, 6.07) is 7.15. The molecule has 74 valence electrons.